The number of nitrogens with one attached hydrogen (secondary N) is 1. The molecule has 5 atom stereocenters. The van der Waals surface area contributed by atoms with E-state index in [1.165, 1.54) is 0 Å². The Kier molecular flexibility index (Phi) is 3.67. The van der Waals surface area contributed by atoms with E-state index in [1.807, 2.05) is 4.98 Å². The van der Waals surface area contributed by atoms with Gasteiger partial charge in [0.05, 0.1) is 0 Å². The summed E-state index contributed by atoms with van der Waals surface area (Å²) in [6, 6.07) is 1.08. The van der Waals surface area contributed by atoms with E-state index in [0.717, 1.165) is 22.9 Å². The van der Waals surface area contributed by atoms with Crippen molar-refractivity contribution in [3.05, 3.63) is 45.8 Å². The van der Waals surface area contributed by atoms with Gasteiger partial charge in [-0.25, -0.2) is 4.79 Å². The van der Waals surface area contributed by atoms with Crippen molar-refractivity contribution in [2.75, 3.05) is 0 Å². The lowest BCUT2D eigenvalue weighted by Crippen LogP contribution is -2.38. The van der Waals surface area contributed by atoms with Crippen LogP contribution in [0.25, 0.3) is 0 Å². The Morgan fingerprint density at radius 1 is 1.42 bits per heavy atom. The number of aliphatic hydroxyl groups excluding tert-OH is 3. The summed E-state index contributed by atoms with van der Waals surface area (Å²) in [4.78, 5) is 24.5. The Labute approximate surface area is 107 Å². The van der Waals surface area contributed by atoms with E-state index in [4.69, 9.17) is 4.74 Å². The first-order chi connectivity index (χ1) is 8.95. The number of nitrogens with zero attached hydrogens (tertiary/aromatic N) is 1. The van der Waals surface area contributed by atoms with Crippen LogP contribution >= 0.6 is 0 Å². The van der Waals surface area contributed by atoms with Crippen molar-refractivity contribution in [3.63, 3.8) is 0 Å². The molecule has 1 aromatic rings. The van der Waals surface area contributed by atoms with Crippen molar-refractivity contribution in [3.8, 4) is 0 Å². The molecule has 2 rings (SSSR count). The van der Waals surface area contributed by atoms with E-state index in [2.05, 4.69) is 6.58 Å². The summed E-state index contributed by atoms with van der Waals surface area (Å²) in [7, 11) is 0. The third kappa shape index (κ3) is 2.38. The molecule has 104 valence electrons. The predicted molar refractivity (Wildman–Crippen MR) is 63.5 cm³/mol. The highest BCUT2D eigenvalue weighted by atomic mass is 16.6. The molecule has 8 nitrogen and oxygen atoms in total. The fourth-order valence-corrected chi connectivity index (χ4v) is 1.96. The third-order valence-corrected chi connectivity index (χ3v) is 2.98. The zero-order valence-electron chi connectivity index (χ0n) is 9.84. The van der Waals surface area contributed by atoms with Gasteiger partial charge in [0, 0.05) is 12.3 Å². The van der Waals surface area contributed by atoms with Crippen molar-refractivity contribution in [2.24, 2.45) is 0 Å². The number of ether oxygens (including phenoxy) is 1. The van der Waals surface area contributed by atoms with E-state index < -0.39 is 41.9 Å². The molecule has 1 aromatic heterocycles. The highest BCUT2D eigenvalue weighted by molar-refractivity contribution is 4.99. The lowest BCUT2D eigenvalue weighted by molar-refractivity contribution is -0.0727. The molecule has 0 saturated carbocycles. The molecule has 5 unspecified atom stereocenters. The molecule has 19 heavy (non-hydrogen) atoms. The van der Waals surface area contributed by atoms with Gasteiger partial charge in [-0.2, -0.15) is 0 Å². The van der Waals surface area contributed by atoms with E-state index in [9.17, 15) is 24.9 Å². The van der Waals surface area contributed by atoms with E-state index in [1.54, 1.807) is 0 Å². The molecule has 1 saturated heterocycles. The summed E-state index contributed by atoms with van der Waals surface area (Å²) in [5, 5.41) is 29.2. The van der Waals surface area contributed by atoms with Gasteiger partial charge in [0.25, 0.3) is 5.56 Å². The molecule has 4 N–H and O–H groups in total. The lowest BCUT2D eigenvalue weighted by atomic mass is 10.1. The smallest absolute Gasteiger partial charge is 0.330 e. The summed E-state index contributed by atoms with van der Waals surface area (Å²) in [5.41, 5.74) is -1.37. The quantitative estimate of drug-likeness (QED) is 0.458. The summed E-state index contributed by atoms with van der Waals surface area (Å²) in [6.07, 6.45) is -3.98. The molecule has 0 spiro atoms. The number of hydrogen-bond donors (Lipinski definition) is 4. The largest absolute Gasteiger partial charge is 0.387 e. The third-order valence-electron chi connectivity index (χ3n) is 2.98. The average Bonchev–Trinajstić information content (AvgIpc) is 2.66. The minimum atomic E-state index is -1.41. The van der Waals surface area contributed by atoms with Crippen LogP contribution in [0, 0.1) is 0 Å². The van der Waals surface area contributed by atoms with Gasteiger partial charge in [-0.3, -0.25) is 14.3 Å². The van der Waals surface area contributed by atoms with Crippen LogP contribution < -0.4 is 11.2 Å². The Balaban J connectivity index is 2.34. The number of hydrogen-bond acceptors (Lipinski definition) is 6. The van der Waals surface area contributed by atoms with Crippen molar-refractivity contribution in [1.29, 1.82) is 0 Å². The predicted octanol–water partition coefficient (Wildman–Crippen LogP) is -2.30. The van der Waals surface area contributed by atoms with E-state index in [0.29, 0.717) is 0 Å². The Morgan fingerprint density at radius 2 is 2.11 bits per heavy atom. The second-order valence-corrected chi connectivity index (χ2v) is 4.22. The Hall–Kier alpha value is -1.74. The molecule has 8 heteroatoms. The fraction of sp³-hybridized carbons (Fsp3) is 0.455. The lowest BCUT2D eigenvalue weighted by Gasteiger charge is -2.18. The maximum atomic E-state index is 11.6. The van der Waals surface area contributed by atoms with Crippen LogP contribution in [0.5, 0.6) is 0 Å². The Bertz CT molecular complexity index is 579. The zero-order chi connectivity index (χ0) is 14.2. The average molecular weight is 270 g/mol. The molecule has 2 heterocycles. The maximum Gasteiger partial charge on any atom is 0.330 e. The second kappa shape index (κ2) is 5.10. The van der Waals surface area contributed by atoms with E-state index in [-0.39, 0.29) is 0 Å². The first-order valence-corrected chi connectivity index (χ1v) is 5.59. The van der Waals surface area contributed by atoms with Gasteiger partial charge in [0.2, 0.25) is 0 Å². The normalized spacial score (nSPS) is 32.2. The molecule has 1 aliphatic heterocycles. The summed E-state index contributed by atoms with van der Waals surface area (Å²) in [5.74, 6) is 0. The molecule has 0 bridgehead atoms. The van der Waals surface area contributed by atoms with Gasteiger partial charge in [0.1, 0.15) is 24.4 Å². The molecular formula is C11H14N2O6. The van der Waals surface area contributed by atoms with Crippen LogP contribution in [0.4, 0.5) is 0 Å². The van der Waals surface area contributed by atoms with Crippen LogP contribution in [-0.4, -0.2) is 49.3 Å². The highest BCUT2D eigenvalue weighted by Crippen LogP contribution is 2.30. The Morgan fingerprint density at radius 3 is 2.68 bits per heavy atom. The maximum absolute atomic E-state index is 11.6. The first kappa shape index (κ1) is 13.7. The molecule has 0 radical (unpaired) electrons. The van der Waals surface area contributed by atoms with Crippen molar-refractivity contribution >= 4 is 0 Å². The minimum Gasteiger partial charge on any atom is -0.387 e. The molecule has 1 fully saturated rings. The minimum absolute atomic E-state index is 0.586. The van der Waals surface area contributed by atoms with Crippen LogP contribution in [0.3, 0.4) is 0 Å². The van der Waals surface area contributed by atoms with Gasteiger partial charge in [0.15, 0.2) is 6.23 Å². The highest BCUT2D eigenvalue weighted by Gasteiger charge is 2.46. The molecule has 0 aromatic carbocycles. The number of aliphatic hydroxyl groups is 3. The fourth-order valence-electron chi connectivity index (χ4n) is 1.96. The van der Waals surface area contributed by atoms with Gasteiger partial charge in [-0.05, 0) is 0 Å². The summed E-state index contributed by atoms with van der Waals surface area (Å²) < 4.78 is 6.20. The molecule has 0 amide bonds. The zero-order valence-corrected chi connectivity index (χ0v) is 9.84. The van der Waals surface area contributed by atoms with Gasteiger partial charge >= 0.3 is 5.69 Å². The van der Waals surface area contributed by atoms with Crippen molar-refractivity contribution in [1.82, 2.24) is 9.55 Å². The van der Waals surface area contributed by atoms with Gasteiger partial charge in [-0.1, -0.05) is 6.08 Å². The van der Waals surface area contributed by atoms with Gasteiger partial charge in [-0.15, -0.1) is 6.58 Å². The summed E-state index contributed by atoms with van der Waals surface area (Å²) >= 11 is 0. The van der Waals surface area contributed by atoms with Gasteiger partial charge < -0.3 is 20.1 Å². The van der Waals surface area contributed by atoms with Crippen LogP contribution in [0.2, 0.25) is 0 Å². The standard InChI is InChI=1S/C11H14N2O6/c1-2-5(14)9-7(16)8(17)10(19-9)13-4-3-6(15)12-11(13)18/h2-5,7-10,14,16-17H,1H2,(H,12,15,18). The first-order valence-electron chi connectivity index (χ1n) is 5.59. The van der Waals surface area contributed by atoms with Crippen LogP contribution in [0.15, 0.2) is 34.5 Å². The molecule has 1 aliphatic rings. The number of H-pyrrole nitrogens is 1. The molecule has 0 aliphatic carbocycles. The number of aromatic amines is 1. The molecular weight excluding hydrogens is 256 g/mol. The second-order valence-electron chi connectivity index (χ2n) is 4.22. The van der Waals surface area contributed by atoms with Crippen LogP contribution in [0.1, 0.15) is 6.23 Å². The van der Waals surface area contributed by atoms with Crippen LogP contribution in [-0.2, 0) is 4.74 Å². The van der Waals surface area contributed by atoms with Crippen molar-refractivity contribution in [2.45, 2.75) is 30.6 Å². The topological polar surface area (TPSA) is 125 Å². The summed E-state index contributed by atoms with van der Waals surface area (Å²) in [6.45, 7) is 3.35. The SMILES string of the molecule is C=CC(O)C1OC(n2ccc(=O)[nH]c2=O)C(O)C1O. The van der Waals surface area contributed by atoms with Crippen molar-refractivity contribution < 1.29 is 20.1 Å². The number of rotatable bonds is 3. The van der Waals surface area contributed by atoms with E-state index >= 15 is 0 Å². The number of aromatic nitrogens is 2. The monoisotopic (exact) mass is 270 g/mol.